The maximum atomic E-state index is 12.3. The molecule has 2 aromatic carbocycles. The maximum Gasteiger partial charge on any atom is 0.238 e. The standard InChI is InChI=1S/C18H19IN2O/c19-15-9-4-5-10-16(15)20-18(22)13-21-12-6-11-17(21)14-7-2-1-3-8-14/h1-5,7-10,17H,6,11-13H2,(H,20,22)/t17-/m1/s1. The molecule has 1 heterocycles. The van der Waals surface area contributed by atoms with Gasteiger partial charge in [-0.05, 0) is 59.7 Å². The van der Waals surface area contributed by atoms with Crippen molar-refractivity contribution in [3.8, 4) is 0 Å². The van der Waals surface area contributed by atoms with E-state index in [1.165, 1.54) is 5.56 Å². The monoisotopic (exact) mass is 406 g/mol. The van der Waals surface area contributed by atoms with Gasteiger partial charge in [-0.25, -0.2) is 0 Å². The van der Waals surface area contributed by atoms with Crippen LogP contribution in [0.2, 0.25) is 0 Å². The molecule has 0 aromatic heterocycles. The van der Waals surface area contributed by atoms with Crippen molar-refractivity contribution >= 4 is 34.2 Å². The van der Waals surface area contributed by atoms with Gasteiger partial charge in [-0.15, -0.1) is 0 Å². The summed E-state index contributed by atoms with van der Waals surface area (Å²) in [4.78, 5) is 14.6. The van der Waals surface area contributed by atoms with E-state index in [1.807, 2.05) is 30.3 Å². The van der Waals surface area contributed by atoms with Crippen LogP contribution >= 0.6 is 22.6 Å². The molecule has 1 aliphatic rings. The number of halogens is 1. The van der Waals surface area contributed by atoms with E-state index in [2.05, 4.69) is 57.1 Å². The van der Waals surface area contributed by atoms with Crippen molar-refractivity contribution in [3.05, 3.63) is 63.7 Å². The molecule has 0 bridgehead atoms. The summed E-state index contributed by atoms with van der Waals surface area (Å²) in [6.45, 7) is 1.43. The summed E-state index contributed by atoms with van der Waals surface area (Å²) in [5.41, 5.74) is 2.20. The number of hydrogen-bond acceptors (Lipinski definition) is 2. The first-order valence-corrected chi connectivity index (χ1v) is 8.65. The van der Waals surface area contributed by atoms with Crippen LogP contribution in [0.5, 0.6) is 0 Å². The van der Waals surface area contributed by atoms with Crippen LogP contribution in [-0.2, 0) is 4.79 Å². The fourth-order valence-electron chi connectivity index (χ4n) is 3.00. The largest absolute Gasteiger partial charge is 0.324 e. The number of para-hydroxylation sites is 1. The molecule has 4 heteroatoms. The van der Waals surface area contributed by atoms with E-state index in [9.17, 15) is 4.79 Å². The third kappa shape index (κ3) is 3.67. The number of amides is 1. The Morgan fingerprint density at radius 2 is 1.86 bits per heavy atom. The quantitative estimate of drug-likeness (QED) is 0.777. The molecular weight excluding hydrogens is 387 g/mol. The van der Waals surface area contributed by atoms with Gasteiger partial charge in [0.05, 0.1) is 12.2 Å². The predicted molar refractivity (Wildman–Crippen MR) is 97.8 cm³/mol. The van der Waals surface area contributed by atoms with Crippen molar-refractivity contribution in [2.24, 2.45) is 0 Å². The summed E-state index contributed by atoms with van der Waals surface area (Å²) >= 11 is 2.24. The number of carbonyl (C=O) groups excluding carboxylic acids is 1. The Balaban J connectivity index is 1.65. The second kappa shape index (κ2) is 7.24. The molecule has 0 saturated carbocycles. The van der Waals surface area contributed by atoms with Gasteiger partial charge in [-0.3, -0.25) is 9.69 Å². The van der Waals surface area contributed by atoms with E-state index < -0.39 is 0 Å². The van der Waals surface area contributed by atoms with Crippen molar-refractivity contribution in [1.29, 1.82) is 0 Å². The van der Waals surface area contributed by atoms with Gasteiger partial charge >= 0.3 is 0 Å². The molecule has 1 saturated heterocycles. The van der Waals surface area contributed by atoms with Gasteiger partial charge in [-0.1, -0.05) is 42.5 Å². The van der Waals surface area contributed by atoms with Crippen molar-refractivity contribution < 1.29 is 4.79 Å². The smallest absolute Gasteiger partial charge is 0.238 e. The number of nitrogens with one attached hydrogen (secondary N) is 1. The molecule has 114 valence electrons. The van der Waals surface area contributed by atoms with Crippen molar-refractivity contribution in [3.63, 3.8) is 0 Å². The lowest BCUT2D eigenvalue weighted by molar-refractivity contribution is -0.117. The molecule has 1 amide bonds. The van der Waals surface area contributed by atoms with Crippen LogP contribution in [-0.4, -0.2) is 23.9 Å². The topological polar surface area (TPSA) is 32.3 Å². The molecule has 1 fully saturated rings. The number of carbonyl (C=O) groups is 1. The van der Waals surface area contributed by atoms with E-state index in [0.29, 0.717) is 12.6 Å². The van der Waals surface area contributed by atoms with Crippen molar-refractivity contribution in [2.45, 2.75) is 18.9 Å². The lowest BCUT2D eigenvalue weighted by atomic mass is 10.0. The second-order valence-electron chi connectivity index (χ2n) is 5.57. The zero-order chi connectivity index (χ0) is 15.4. The first kappa shape index (κ1) is 15.5. The molecule has 1 atom stereocenters. The minimum atomic E-state index is 0.0620. The van der Waals surface area contributed by atoms with Gasteiger partial charge in [0.15, 0.2) is 0 Å². The number of likely N-dealkylation sites (tertiary alicyclic amines) is 1. The number of hydrogen-bond donors (Lipinski definition) is 1. The van der Waals surface area contributed by atoms with Gasteiger partial charge in [0.25, 0.3) is 0 Å². The van der Waals surface area contributed by atoms with Crippen LogP contribution in [0.3, 0.4) is 0 Å². The molecule has 0 unspecified atom stereocenters. The molecule has 22 heavy (non-hydrogen) atoms. The minimum Gasteiger partial charge on any atom is -0.324 e. The summed E-state index contributed by atoms with van der Waals surface area (Å²) in [6.07, 6.45) is 2.27. The van der Waals surface area contributed by atoms with E-state index >= 15 is 0 Å². The Morgan fingerprint density at radius 1 is 1.14 bits per heavy atom. The molecule has 2 aromatic rings. The molecule has 3 rings (SSSR count). The summed E-state index contributed by atoms with van der Waals surface area (Å²) < 4.78 is 1.06. The summed E-state index contributed by atoms with van der Waals surface area (Å²) in [5.74, 6) is 0.0620. The van der Waals surface area contributed by atoms with Crippen LogP contribution in [0.1, 0.15) is 24.4 Å². The fourth-order valence-corrected chi connectivity index (χ4v) is 3.53. The zero-order valence-corrected chi connectivity index (χ0v) is 14.5. The first-order chi connectivity index (χ1) is 10.7. The SMILES string of the molecule is O=C(CN1CCC[C@@H]1c1ccccc1)Nc1ccccc1I. The molecule has 1 N–H and O–H groups in total. The molecule has 0 aliphatic carbocycles. The Hall–Kier alpha value is -1.40. The number of rotatable bonds is 4. The normalized spacial score (nSPS) is 18.3. The highest BCUT2D eigenvalue weighted by atomic mass is 127. The Kier molecular flexibility index (Phi) is 5.10. The third-order valence-corrected chi connectivity index (χ3v) is 4.98. The Bertz CT molecular complexity index is 645. The van der Waals surface area contributed by atoms with Crippen LogP contribution in [0.15, 0.2) is 54.6 Å². The number of benzene rings is 2. The van der Waals surface area contributed by atoms with Gasteiger partial charge in [0.1, 0.15) is 0 Å². The van der Waals surface area contributed by atoms with Crippen LogP contribution in [0.4, 0.5) is 5.69 Å². The lowest BCUT2D eigenvalue weighted by Crippen LogP contribution is -2.33. The van der Waals surface area contributed by atoms with Crippen LogP contribution in [0.25, 0.3) is 0 Å². The van der Waals surface area contributed by atoms with E-state index in [-0.39, 0.29) is 5.91 Å². The highest BCUT2D eigenvalue weighted by Crippen LogP contribution is 2.31. The molecule has 3 nitrogen and oxygen atoms in total. The Labute approximate surface area is 144 Å². The Morgan fingerprint density at radius 3 is 2.64 bits per heavy atom. The van der Waals surface area contributed by atoms with Gasteiger partial charge < -0.3 is 5.32 Å². The number of anilines is 1. The molecular formula is C18H19IN2O. The molecule has 0 radical (unpaired) electrons. The molecule has 0 spiro atoms. The summed E-state index contributed by atoms with van der Waals surface area (Å²) in [7, 11) is 0. The summed E-state index contributed by atoms with van der Waals surface area (Å²) in [6, 6.07) is 18.7. The van der Waals surface area contributed by atoms with Gasteiger partial charge in [0.2, 0.25) is 5.91 Å². The second-order valence-corrected chi connectivity index (χ2v) is 6.73. The van der Waals surface area contributed by atoms with Crippen LogP contribution < -0.4 is 5.32 Å². The first-order valence-electron chi connectivity index (χ1n) is 7.57. The van der Waals surface area contributed by atoms with E-state index in [0.717, 1.165) is 28.6 Å². The fraction of sp³-hybridized carbons (Fsp3) is 0.278. The number of nitrogens with zero attached hydrogens (tertiary/aromatic N) is 1. The van der Waals surface area contributed by atoms with Gasteiger partial charge in [0, 0.05) is 9.61 Å². The average Bonchev–Trinajstić information content (AvgIpc) is 2.98. The third-order valence-electron chi connectivity index (χ3n) is 4.04. The van der Waals surface area contributed by atoms with Crippen molar-refractivity contribution in [1.82, 2.24) is 4.90 Å². The van der Waals surface area contributed by atoms with E-state index in [4.69, 9.17) is 0 Å². The predicted octanol–water partition coefficient (Wildman–Crippen LogP) is 4.07. The van der Waals surface area contributed by atoms with Crippen LogP contribution in [0, 0.1) is 3.57 Å². The molecule has 1 aliphatic heterocycles. The average molecular weight is 406 g/mol. The lowest BCUT2D eigenvalue weighted by Gasteiger charge is -2.24. The van der Waals surface area contributed by atoms with Crippen molar-refractivity contribution in [2.75, 3.05) is 18.4 Å². The highest BCUT2D eigenvalue weighted by molar-refractivity contribution is 14.1. The van der Waals surface area contributed by atoms with Gasteiger partial charge in [-0.2, -0.15) is 0 Å². The zero-order valence-electron chi connectivity index (χ0n) is 12.3. The summed E-state index contributed by atoms with van der Waals surface area (Å²) in [5, 5.41) is 3.02. The maximum absolute atomic E-state index is 12.3. The van der Waals surface area contributed by atoms with E-state index in [1.54, 1.807) is 0 Å². The minimum absolute atomic E-state index is 0.0620. The highest BCUT2D eigenvalue weighted by Gasteiger charge is 2.27.